The monoisotopic (exact) mass is 431 g/mol. The molecular weight excluding hydrogens is 380 g/mol. The van der Waals surface area contributed by atoms with Gasteiger partial charge in [-0.3, -0.25) is 0 Å². The molecule has 4 nitrogen and oxygen atoms in total. The molecule has 178 valence electrons. The summed E-state index contributed by atoms with van der Waals surface area (Å²) in [5.74, 6) is 0. The minimum Gasteiger partial charge on any atom is -0.301 e. The summed E-state index contributed by atoms with van der Waals surface area (Å²) < 4.78 is 2.65. The maximum absolute atomic E-state index is 5.11. The van der Waals surface area contributed by atoms with E-state index < -0.39 is 0 Å². The third-order valence-corrected chi connectivity index (χ3v) is 8.71. The summed E-state index contributed by atoms with van der Waals surface area (Å²) in [7, 11) is 0. The Hall–Kier alpha value is -0.700. The molecule has 3 rings (SSSR count). The van der Waals surface area contributed by atoms with Gasteiger partial charge in [0.2, 0.25) is 0 Å². The number of hydrogen-bond donors (Lipinski definition) is 0. The second-order valence-electron chi connectivity index (χ2n) is 10.3. The quantitative estimate of drug-likeness (QED) is 0.339. The van der Waals surface area contributed by atoms with Crippen molar-refractivity contribution >= 4 is 6.01 Å². The van der Waals surface area contributed by atoms with E-state index in [1.807, 2.05) is 0 Å². The second-order valence-corrected chi connectivity index (χ2v) is 10.3. The van der Waals surface area contributed by atoms with Crippen LogP contribution in [0.25, 0.3) is 0 Å². The molecule has 0 amide bonds. The molecule has 0 N–H and O–H groups in total. The van der Waals surface area contributed by atoms with E-state index in [2.05, 4.69) is 48.1 Å². The van der Waals surface area contributed by atoms with Crippen molar-refractivity contribution in [2.75, 3.05) is 26.2 Å². The Labute approximate surface area is 193 Å². The van der Waals surface area contributed by atoms with E-state index in [9.17, 15) is 0 Å². The highest BCUT2D eigenvalue weighted by molar-refractivity contribution is 5.35. The molecule has 0 aromatic carbocycles. The van der Waals surface area contributed by atoms with E-state index in [0.29, 0.717) is 18.1 Å². The Balaban J connectivity index is 1.65. The lowest BCUT2D eigenvalue weighted by molar-refractivity contribution is -0.603. The summed E-state index contributed by atoms with van der Waals surface area (Å²) in [6.45, 7) is 14.0. The maximum atomic E-state index is 5.11. The highest BCUT2D eigenvalue weighted by Crippen LogP contribution is 2.29. The largest absolute Gasteiger partial charge is 0.307 e. The molecule has 0 radical (unpaired) electrons. The first-order chi connectivity index (χ1) is 15.2. The van der Waals surface area contributed by atoms with Gasteiger partial charge in [0.25, 0.3) is 0 Å². The molecule has 31 heavy (non-hydrogen) atoms. The molecule has 0 atom stereocenters. The first-order valence-corrected chi connectivity index (χ1v) is 13.9. The van der Waals surface area contributed by atoms with Crippen LogP contribution in [0.3, 0.4) is 0 Å². The van der Waals surface area contributed by atoms with E-state index in [-0.39, 0.29) is 0 Å². The first-order valence-electron chi connectivity index (χ1n) is 13.9. The Morgan fingerprint density at radius 2 is 1.06 bits per heavy atom. The SMILES string of the molecule is CCN(CC)C1CCC(N=C=[N+](C2CCCCC2)C2CCC(N(CC)CC)CC2)CC1. The van der Waals surface area contributed by atoms with E-state index in [4.69, 9.17) is 4.99 Å². The van der Waals surface area contributed by atoms with Gasteiger partial charge < -0.3 is 9.80 Å². The van der Waals surface area contributed by atoms with E-state index in [1.165, 1.54) is 110 Å². The molecule has 0 spiro atoms. The maximum Gasteiger partial charge on any atom is 0.307 e. The molecule has 0 unspecified atom stereocenters. The molecule has 0 heterocycles. The fourth-order valence-electron chi connectivity index (χ4n) is 6.70. The van der Waals surface area contributed by atoms with Crippen molar-refractivity contribution < 1.29 is 4.58 Å². The van der Waals surface area contributed by atoms with Crippen LogP contribution in [0.5, 0.6) is 0 Å². The molecule has 0 aliphatic heterocycles. The van der Waals surface area contributed by atoms with Crippen LogP contribution in [-0.4, -0.2) is 76.8 Å². The van der Waals surface area contributed by atoms with Gasteiger partial charge in [0.05, 0.1) is 0 Å². The summed E-state index contributed by atoms with van der Waals surface area (Å²) in [4.78, 5) is 10.4. The van der Waals surface area contributed by atoms with Gasteiger partial charge in [-0.1, -0.05) is 34.1 Å². The van der Waals surface area contributed by atoms with E-state index in [1.54, 1.807) is 0 Å². The lowest BCUT2D eigenvalue weighted by atomic mass is 9.87. The van der Waals surface area contributed by atoms with Crippen molar-refractivity contribution in [3.8, 4) is 0 Å². The molecule has 0 bridgehead atoms. The zero-order valence-electron chi connectivity index (χ0n) is 21.2. The molecule has 0 saturated heterocycles. The van der Waals surface area contributed by atoms with Crippen molar-refractivity contribution in [2.24, 2.45) is 4.99 Å². The topological polar surface area (TPSA) is 21.9 Å². The predicted molar refractivity (Wildman–Crippen MR) is 132 cm³/mol. The third kappa shape index (κ3) is 6.89. The van der Waals surface area contributed by atoms with Crippen molar-refractivity contribution in [1.82, 2.24) is 9.80 Å². The van der Waals surface area contributed by atoms with Crippen LogP contribution < -0.4 is 0 Å². The van der Waals surface area contributed by atoms with Crippen LogP contribution in [-0.2, 0) is 0 Å². The van der Waals surface area contributed by atoms with Crippen molar-refractivity contribution in [3.05, 3.63) is 0 Å². The minimum absolute atomic E-state index is 0.505. The molecule has 3 aliphatic carbocycles. The molecule has 0 aromatic heterocycles. The second kappa shape index (κ2) is 13.1. The van der Waals surface area contributed by atoms with Crippen LogP contribution in [0.2, 0.25) is 0 Å². The van der Waals surface area contributed by atoms with Gasteiger partial charge in [-0.2, -0.15) is 0 Å². The molecule has 3 aliphatic rings. The molecule has 3 fully saturated rings. The Bertz CT molecular complexity index is 552. The van der Waals surface area contributed by atoms with Gasteiger partial charge in [-0.15, -0.1) is 0 Å². The van der Waals surface area contributed by atoms with Crippen LogP contribution in [0.15, 0.2) is 4.99 Å². The van der Waals surface area contributed by atoms with Crippen molar-refractivity contribution in [2.45, 2.75) is 141 Å². The van der Waals surface area contributed by atoms with E-state index in [0.717, 1.165) is 12.1 Å². The lowest BCUT2D eigenvalue weighted by Gasteiger charge is -2.36. The number of aliphatic imine (C=N–C) groups is 1. The fraction of sp³-hybridized carbons (Fsp3) is 0.963. The van der Waals surface area contributed by atoms with Gasteiger partial charge in [-0.05, 0) is 108 Å². The number of hydrogen-bond acceptors (Lipinski definition) is 3. The fourth-order valence-corrected chi connectivity index (χ4v) is 6.70. The zero-order valence-corrected chi connectivity index (χ0v) is 21.2. The van der Waals surface area contributed by atoms with Crippen LogP contribution in [0, 0.1) is 0 Å². The van der Waals surface area contributed by atoms with E-state index >= 15 is 0 Å². The predicted octanol–water partition coefficient (Wildman–Crippen LogP) is 5.81. The Morgan fingerprint density at radius 3 is 1.55 bits per heavy atom. The van der Waals surface area contributed by atoms with Crippen LogP contribution >= 0.6 is 0 Å². The minimum atomic E-state index is 0.505. The smallest absolute Gasteiger partial charge is 0.301 e. The van der Waals surface area contributed by atoms with Crippen LogP contribution in [0.1, 0.15) is 111 Å². The molecule has 0 aromatic rings. The normalized spacial score (nSPS) is 30.4. The average molecular weight is 432 g/mol. The van der Waals surface area contributed by atoms with Crippen LogP contribution in [0.4, 0.5) is 0 Å². The summed E-state index contributed by atoms with van der Waals surface area (Å²) in [6.07, 6.45) is 17.4. The summed E-state index contributed by atoms with van der Waals surface area (Å²) in [6, 6.07) is 7.16. The summed E-state index contributed by atoms with van der Waals surface area (Å²) in [5.41, 5.74) is 0. The lowest BCUT2D eigenvalue weighted by Crippen LogP contribution is -2.44. The standard InChI is InChI=1S/C27H51N4/c1-5-29(6-2)24-16-14-23(15-17-24)28-22-31(26-12-10-9-11-13-26)27-20-18-25(19-21-27)30(7-3)8-4/h23-27H,5-21H2,1-4H3/q+1. The highest BCUT2D eigenvalue weighted by Gasteiger charge is 2.33. The van der Waals surface area contributed by atoms with Gasteiger partial charge in [-0.25, -0.2) is 4.58 Å². The zero-order chi connectivity index (χ0) is 22.1. The Morgan fingerprint density at radius 1 is 0.613 bits per heavy atom. The first kappa shape index (κ1) is 24.9. The van der Waals surface area contributed by atoms with Gasteiger partial charge in [0.1, 0.15) is 12.1 Å². The van der Waals surface area contributed by atoms with Crippen molar-refractivity contribution in [1.29, 1.82) is 0 Å². The molecular formula is C27H51N4+. The summed E-state index contributed by atoms with van der Waals surface area (Å²) >= 11 is 0. The van der Waals surface area contributed by atoms with Gasteiger partial charge in [0.15, 0.2) is 6.04 Å². The van der Waals surface area contributed by atoms with Gasteiger partial charge >= 0.3 is 6.01 Å². The van der Waals surface area contributed by atoms with Crippen molar-refractivity contribution in [3.63, 3.8) is 0 Å². The number of rotatable bonds is 9. The molecule has 3 saturated carbocycles. The number of nitrogens with zero attached hydrogens (tertiary/aromatic N) is 4. The third-order valence-electron chi connectivity index (χ3n) is 8.71. The average Bonchev–Trinajstić information content (AvgIpc) is 2.83. The summed E-state index contributed by atoms with van der Waals surface area (Å²) in [5, 5.41) is 0. The highest BCUT2D eigenvalue weighted by atomic mass is 15.2. The van der Waals surface area contributed by atoms with Gasteiger partial charge in [0, 0.05) is 12.1 Å². The molecule has 4 heteroatoms. The Kier molecular flexibility index (Phi) is 10.5.